The molecule has 0 amide bonds. The van der Waals surface area contributed by atoms with E-state index in [1.165, 1.54) is 0 Å². The summed E-state index contributed by atoms with van der Waals surface area (Å²) < 4.78 is 0. The first-order valence-corrected chi connectivity index (χ1v) is 5.37. The zero-order valence-electron chi connectivity index (χ0n) is 9.56. The molecule has 0 rings (SSSR count). The first-order chi connectivity index (χ1) is 6.84. The highest BCUT2D eigenvalue weighted by Gasteiger charge is 2.02. The lowest BCUT2D eigenvalue weighted by molar-refractivity contribution is 0.331. The molecule has 0 saturated heterocycles. The van der Waals surface area contributed by atoms with Gasteiger partial charge in [-0.15, -0.1) is 0 Å². The van der Waals surface area contributed by atoms with Crippen molar-refractivity contribution in [2.24, 2.45) is 0 Å². The number of rotatable bonds is 6. The quantitative estimate of drug-likeness (QED) is 0.668. The Morgan fingerprint density at radius 1 is 1.13 bits per heavy atom. The summed E-state index contributed by atoms with van der Waals surface area (Å²) in [7, 11) is 6.02. The smallest absolute Gasteiger partial charge is 0.0606 e. The van der Waals surface area contributed by atoms with Gasteiger partial charge in [-0.2, -0.15) is 0 Å². The van der Waals surface area contributed by atoms with Gasteiger partial charge in [-0.05, 0) is 20.2 Å². The molecule has 0 heterocycles. The van der Waals surface area contributed by atoms with Gasteiger partial charge in [-0.3, -0.25) is 0 Å². The van der Waals surface area contributed by atoms with E-state index in [4.69, 9.17) is 23.2 Å². The van der Waals surface area contributed by atoms with Crippen LogP contribution in [0.3, 0.4) is 0 Å². The fourth-order valence-electron chi connectivity index (χ4n) is 0.828. The van der Waals surface area contributed by atoms with Crippen LogP contribution in [0, 0.1) is 0 Å². The summed E-state index contributed by atoms with van der Waals surface area (Å²) >= 11 is 11.5. The lowest BCUT2D eigenvalue weighted by Gasteiger charge is -2.21. The summed E-state index contributed by atoms with van der Waals surface area (Å²) in [6.45, 7) is 9.29. The summed E-state index contributed by atoms with van der Waals surface area (Å²) in [5, 5.41) is 0.761. The Morgan fingerprint density at radius 3 is 2.07 bits per heavy atom. The Labute approximate surface area is 102 Å². The van der Waals surface area contributed by atoms with E-state index in [1.807, 2.05) is 26.0 Å². The standard InChI is InChI=1S/C11H18Cl2N2/c1-9(8-11(13)10(2)12)15(5)7-6-14(3)4/h8H,1-2,6-7H2,3-5H3/b11-8+. The van der Waals surface area contributed by atoms with Gasteiger partial charge in [-0.1, -0.05) is 36.4 Å². The molecule has 0 N–H and O–H groups in total. The molecule has 86 valence electrons. The largest absolute Gasteiger partial charge is 0.374 e. The highest BCUT2D eigenvalue weighted by atomic mass is 35.5. The molecular formula is C11H18Cl2N2. The van der Waals surface area contributed by atoms with Crippen molar-refractivity contribution in [2.45, 2.75) is 0 Å². The Morgan fingerprint density at radius 2 is 1.67 bits per heavy atom. The van der Waals surface area contributed by atoms with Gasteiger partial charge in [0.2, 0.25) is 0 Å². The summed E-state index contributed by atoms with van der Waals surface area (Å²) in [5.74, 6) is 0. The lowest BCUT2D eigenvalue weighted by Crippen LogP contribution is -2.27. The molecule has 0 aromatic heterocycles. The summed E-state index contributed by atoms with van der Waals surface area (Å²) in [6, 6.07) is 0. The average Bonchev–Trinajstić information content (AvgIpc) is 2.13. The molecule has 0 aliphatic carbocycles. The Bertz CT molecular complexity index is 270. The van der Waals surface area contributed by atoms with Crippen molar-refractivity contribution in [3.8, 4) is 0 Å². The number of halogens is 2. The highest BCUT2D eigenvalue weighted by Crippen LogP contribution is 2.18. The number of hydrogen-bond donors (Lipinski definition) is 0. The monoisotopic (exact) mass is 248 g/mol. The van der Waals surface area contributed by atoms with Gasteiger partial charge in [0.15, 0.2) is 0 Å². The van der Waals surface area contributed by atoms with Crippen LogP contribution in [0.4, 0.5) is 0 Å². The molecule has 0 bridgehead atoms. The minimum absolute atomic E-state index is 0.332. The minimum Gasteiger partial charge on any atom is -0.374 e. The Balaban J connectivity index is 4.21. The number of likely N-dealkylation sites (N-methyl/N-ethyl adjacent to an activating group) is 2. The maximum absolute atomic E-state index is 5.85. The third-order valence-corrected chi connectivity index (χ3v) is 2.56. The third kappa shape index (κ3) is 6.61. The van der Waals surface area contributed by atoms with Crippen LogP contribution in [0.2, 0.25) is 0 Å². The van der Waals surface area contributed by atoms with Crippen molar-refractivity contribution in [1.29, 1.82) is 0 Å². The molecule has 2 nitrogen and oxygen atoms in total. The molecule has 0 spiro atoms. The van der Waals surface area contributed by atoms with E-state index in [-0.39, 0.29) is 0 Å². The van der Waals surface area contributed by atoms with E-state index < -0.39 is 0 Å². The predicted octanol–water partition coefficient (Wildman–Crippen LogP) is 2.87. The molecule has 0 aromatic rings. The topological polar surface area (TPSA) is 6.48 Å². The van der Waals surface area contributed by atoms with Gasteiger partial charge >= 0.3 is 0 Å². The van der Waals surface area contributed by atoms with E-state index in [1.54, 1.807) is 6.08 Å². The fourth-order valence-corrected chi connectivity index (χ4v) is 1.01. The van der Waals surface area contributed by atoms with E-state index in [0.717, 1.165) is 18.8 Å². The zero-order valence-corrected chi connectivity index (χ0v) is 11.1. The average molecular weight is 249 g/mol. The van der Waals surface area contributed by atoms with Crippen LogP contribution < -0.4 is 0 Å². The minimum atomic E-state index is 0.332. The maximum Gasteiger partial charge on any atom is 0.0606 e. The van der Waals surface area contributed by atoms with E-state index in [2.05, 4.69) is 18.1 Å². The normalized spacial score (nSPS) is 11.7. The molecule has 0 fully saturated rings. The van der Waals surface area contributed by atoms with Crippen LogP contribution in [0.5, 0.6) is 0 Å². The predicted molar refractivity (Wildman–Crippen MR) is 69.3 cm³/mol. The van der Waals surface area contributed by atoms with Crippen LogP contribution >= 0.6 is 23.2 Å². The molecule has 0 aliphatic rings. The Kier molecular flexibility index (Phi) is 6.73. The van der Waals surface area contributed by atoms with Crippen molar-refractivity contribution < 1.29 is 0 Å². The molecule has 0 aliphatic heterocycles. The third-order valence-electron chi connectivity index (χ3n) is 1.93. The number of nitrogens with zero attached hydrogens (tertiary/aromatic N) is 2. The van der Waals surface area contributed by atoms with Crippen LogP contribution in [-0.2, 0) is 0 Å². The lowest BCUT2D eigenvalue weighted by atomic mass is 10.3. The number of allylic oxidation sites excluding steroid dienone is 3. The number of hydrogen-bond acceptors (Lipinski definition) is 2. The van der Waals surface area contributed by atoms with E-state index in [9.17, 15) is 0 Å². The molecule has 0 aromatic carbocycles. The van der Waals surface area contributed by atoms with Crippen molar-refractivity contribution in [2.75, 3.05) is 34.2 Å². The second kappa shape index (κ2) is 6.94. The SMILES string of the molecule is C=C(Cl)/C(Cl)=C\C(=C)N(C)CCN(C)C. The molecule has 0 saturated carbocycles. The van der Waals surface area contributed by atoms with Crippen molar-refractivity contribution in [3.63, 3.8) is 0 Å². The van der Waals surface area contributed by atoms with Gasteiger partial charge in [0.25, 0.3) is 0 Å². The van der Waals surface area contributed by atoms with Gasteiger partial charge in [-0.25, -0.2) is 0 Å². The first-order valence-electron chi connectivity index (χ1n) is 4.61. The Hall–Kier alpha value is -0.440. The molecule has 15 heavy (non-hydrogen) atoms. The van der Waals surface area contributed by atoms with Crippen LogP contribution in [0.1, 0.15) is 0 Å². The highest BCUT2D eigenvalue weighted by molar-refractivity contribution is 6.43. The molecule has 0 unspecified atom stereocenters. The summed E-state index contributed by atoms with van der Waals surface area (Å²) in [5.41, 5.74) is 0.823. The second-order valence-corrected chi connectivity index (χ2v) is 4.48. The van der Waals surface area contributed by atoms with Gasteiger partial charge in [0, 0.05) is 25.8 Å². The summed E-state index contributed by atoms with van der Waals surface area (Å²) in [6.07, 6.45) is 1.71. The molecule has 4 heteroatoms. The van der Waals surface area contributed by atoms with Gasteiger partial charge < -0.3 is 9.80 Å². The van der Waals surface area contributed by atoms with Crippen molar-refractivity contribution >= 4 is 23.2 Å². The maximum atomic E-state index is 5.85. The zero-order chi connectivity index (χ0) is 12.0. The van der Waals surface area contributed by atoms with Gasteiger partial charge in [0.1, 0.15) is 0 Å². The van der Waals surface area contributed by atoms with Crippen LogP contribution in [0.25, 0.3) is 0 Å². The van der Waals surface area contributed by atoms with Crippen LogP contribution in [0.15, 0.2) is 35.0 Å². The van der Waals surface area contributed by atoms with E-state index >= 15 is 0 Å². The van der Waals surface area contributed by atoms with Crippen LogP contribution in [-0.4, -0.2) is 44.0 Å². The molecular weight excluding hydrogens is 231 g/mol. The molecule has 0 radical (unpaired) electrons. The van der Waals surface area contributed by atoms with Gasteiger partial charge in [0.05, 0.1) is 10.1 Å². The first kappa shape index (κ1) is 14.6. The summed E-state index contributed by atoms with van der Waals surface area (Å²) in [4.78, 5) is 4.12. The van der Waals surface area contributed by atoms with Crippen molar-refractivity contribution in [3.05, 3.63) is 35.0 Å². The van der Waals surface area contributed by atoms with Crippen molar-refractivity contribution in [1.82, 2.24) is 9.80 Å². The molecule has 0 atom stereocenters. The van der Waals surface area contributed by atoms with E-state index in [0.29, 0.717) is 10.1 Å². The fraction of sp³-hybridized carbons (Fsp3) is 0.455. The second-order valence-electron chi connectivity index (χ2n) is 3.61.